The zero-order valence-electron chi connectivity index (χ0n) is 21.5. The Hall–Kier alpha value is -5.19. The van der Waals surface area contributed by atoms with Crippen LogP contribution in [0.25, 0.3) is 11.1 Å². The number of nitrogen functional groups attached to an aromatic ring is 1. The van der Waals surface area contributed by atoms with Gasteiger partial charge >= 0.3 is 0 Å². The Morgan fingerprint density at radius 3 is 2.15 bits per heavy atom. The molecule has 11 nitrogen and oxygen atoms in total. The Morgan fingerprint density at radius 1 is 0.900 bits per heavy atom. The van der Waals surface area contributed by atoms with Crippen molar-refractivity contribution in [3.05, 3.63) is 95.6 Å². The van der Waals surface area contributed by atoms with Crippen LogP contribution in [-0.2, 0) is 12.0 Å². The molecule has 0 bridgehead atoms. The van der Waals surface area contributed by atoms with Crippen LogP contribution in [0.15, 0.2) is 78.3 Å². The van der Waals surface area contributed by atoms with Crippen LogP contribution in [0.5, 0.6) is 0 Å². The van der Waals surface area contributed by atoms with Crippen LogP contribution in [0.2, 0.25) is 0 Å². The van der Waals surface area contributed by atoms with Crippen molar-refractivity contribution < 1.29 is 14.4 Å². The van der Waals surface area contributed by atoms with E-state index >= 15 is 0 Å². The molecule has 11 heteroatoms. The number of aromatic nitrogens is 4. The summed E-state index contributed by atoms with van der Waals surface area (Å²) in [5.74, 6) is -0.669. The molecule has 1 aliphatic heterocycles. The third-order valence-electron chi connectivity index (χ3n) is 7.67. The van der Waals surface area contributed by atoms with Crippen LogP contribution in [0.1, 0.15) is 55.9 Å². The molecular formula is C29H26N8O3. The number of aliphatic imine (C=N–C) groups is 1. The van der Waals surface area contributed by atoms with Gasteiger partial charge in [-0.05, 0) is 36.1 Å². The highest BCUT2D eigenvalue weighted by Gasteiger charge is 2.43. The van der Waals surface area contributed by atoms with Crippen LogP contribution in [0.3, 0.4) is 0 Å². The van der Waals surface area contributed by atoms with Gasteiger partial charge in [-0.2, -0.15) is 10.1 Å². The summed E-state index contributed by atoms with van der Waals surface area (Å²) in [5, 5.41) is 4.22. The quantitative estimate of drug-likeness (QED) is 0.208. The maximum absolute atomic E-state index is 13.0. The number of nitrogens with two attached hydrogens (primary N) is 2. The maximum Gasteiger partial charge on any atom is 0.281 e. The molecule has 1 aliphatic carbocycles. The maximum atomic E-state index is 13.0. The van der Waals surface area contributed by atoms with Crippen molar-refractivity contribution in [1.29, 1.82) is 0 Å². The Morgan fingerprint density at radius 2 is 1.55 bits per heavy atom. The molecule has 0 radical (unpaired) electrons. The van der Waals surface area contributed by atoms with Crippen molar-refractivity contribution in [3.8, 4) is 11.1 Å². The lowest BCUT2D eigenvalue weighted by Gasteiger charge is -2.41. The molecule has 200 valence electrons. The van der Waals surface area contributed by atoms with E-state index in [1.165, 1.54) is 15.8 Å². The lowest BCUT2D eigenvalue weighted by atomic mass is 9.63. The number of anilines is 1. The smallest absolute Gasteiger partial charge is 0.281 e. The summed E-state index contributed by atoms with van der Waals surface area (Å²) in [7, 11) is 0. The number of amides is 3. The highest BCUT2D eigenvalue weighted by molar-refractivity contribution is 6.21. The fourth-order valence-corrected chi connectivity index (χ4v) is 5.21. The minimum Gasteiger partial charge on any atom is -0.386 e. The topological polar surface area (TPSA) is 162 Å². The van der Waals surface area contributed by atoms with Crippen molar-refractivity contribution in [2.24, 2.45) is 10.7 Å². The molecule has 2 aliphatic rings. The van der Waals surface area contributed by atoms with Crippen LogP contribution < -0.4 is 11.5 Å². The normalized spacial score (nSPS) is 16.1. The van der Waals surface area contributed by atoms with Crippen LogP contribution in [0.4, 0.5) is 5.95 Å². The van der Waals surface area contributed by atoms with E-state index in [1.54, 1.807) is 42.9 Å². The Balaban J connectivity index is 1.14. The summed E-state index contributed by atoms with van der Waals surface area (Å²) >= 11 is 0. The second-order valence-corrected chi connectivity index (χ2v) is 9.94. The van der Waals surface area contributed by atoms with Gasteiger partial charge in [-0.25, -0.2) is 9.97 Å². The summed E-state index contributed by atoms with van der Waals surface area (Å²) in [6, 6.07) is 14.7. The minimum absolute atomic E-state index is 0.134. The first kappa shape index (κ1) is 25.1. The molecule has 0 atom stereocenters. The number of nitrogens with zero attached hydrogens (tertiary/aromatic N) is 6. The average Bonchev–Trinajstić information content (AvgIpc) is 3.51. The van der Waals surface area contributed by atoms with E-state index in [-0.39, 0.29) is 42.3 Å². The number of benzene rings is 2. The number of rotatable bonds is 7. The predicted molar refractivity (Wildman–Crippen MR) is 147 cm³/mol. The van der Waals surface area contributed by atoms with E-state index in [1.807, 2.05) is 24.3 Å². The number of carbonyl (C=O) groups is 3. The molecule has 1 saturated carbocycles. The third-order valence-corrected chi connectivity index (χ3v) is 7.67. The first-order chi connectivity index (χ1) is 19.4. The zero-order chi connectivity index (χ0) is 27.9. The van der Waals surface area contributed by atoms with Crippen molar-refractivity contribution in [1.82, 2.24) is 24.6 Å². The molecule has 40 heavy (non-hydrogen) atoms. The highest BCUT2D eigenvalue weighted by atomic mass is 16.2. The summed E-state index contributed by atoms with van der Waals surface area (Å²) < 4.78 is 1.52. The van der Waals surface area contributed by atoms with Gasteiger partial charge in [-0.3, -0.25) is 24.0 Å². The number of carbonyl (C=O) groups excluding carboxylic acids is 3. The molecule has 3 amide bonds. The van der Waals surface area contributed by atoms with Gasteiger partial charge in [0.25, 0.3) is 17.7 Å². The summed E-state index contributed by atoms with van der Waals surface area (Å²) in [5.41, 5.74) is 15.4. The number of hydrogen-bond acceptors (Lipinski definition) is 7. The van der Waals surface area contributed by atoms with Gasteiger partial charge in [-0.1, -0.05) is 42.8 Å². The first-order valence-electron chi connectivity index (χ1n) is 12.9. The van der Waals surface area contributed by atoms with E-state index in [2.05, 4.69) is 20.1 Å². The van der Waals surface area contributed by atoms with Gasteiger partial charge in [0.1, 0.15) is 5.84 Å². The first-order valence-corrected chi connectivity index (χ1v) is 12.9. The van der Waals surface area contributed by atoms with Gasteiger partial charge in [0.05, 0.1) is 34.8 Å². The number of fused-ring (bicyclic) bond motifs is 1. The Bertz CT molecular complexity index is 1620. The largest absolute Gasteiger partial charge is 0.386 e. The second kappa shape index (κ2) is 9.84. The van der Waals surface area contributed by atoms with Crippen LogP contribution >= 0.6 is 0 Å². The molecular weight excluding hydrogens is 508 g/mol. The SMILES string of the molecule is NC(=NC(=O)c1cnn(CCN2C(=O)c3ccccc3C2=O)c1)C1(c2ccc(-c3cnc(N)nc3)cc2)CCC1. The van der Waals surface area contributed by atoms with Gasteiger partial charge < -0.3 is 11.5 Å². The third kappa shape index (κ3) is 4.31. The number of amidine groups is 1. The lowest BCUT2D eigenvalue weighted by Crippen LogP contribution is -2.47. The van der Waals surface area contributed by atoms with E-state index < -0.39 is 11.3 Å². The number of imide groups is 1. The molecule has 0 unspecified atom stereocenters. The summed E-state index contributed by atoms with van der Waals surface area (Å²) in [6.07, 6.45) is 8.87. The van der Waals surface area contributed by atoms with E-state index in [0.29, 0.717) is 11.1 Å². The van der Waals surface area contributed by atoms with Gasteiger partial charge in [0.15, 0.2) is 0 Å². The minimum atomic E-state index is -0.507. The predicted octanol–water partition coefficient (Wildman–Crippen LogP) is 2.84. The molecule has 2 aromatic carbocycles. The number of hydrogen-bond donors (Lipinski definition) is 2. The highest BCUT2D eigenvalue weighted by Crippen LogP contribution is 2.44. The zero-order valence-corrected chi connectivity index (χ0v) is 21.5. The van der Waals surface area contributed by atoms with E-state index in [9.17, 15) is 14.4 Å². The molecule has 4 N–H and O–H groups in total. The second-order valence-electron chi connectivity index (χ2n) is 9.94. The fourth-order valence-electron chi connectivity index (χ4n) is 5.21. The van der Waals surface area contributed by atoms with Crippen molar-refractivity contribution in [2.45, 2.75) is 31.2 Å². The lowest BCUT2D eigenvalue weighted by molar-refractivity contribution is 0.0647. The summed E-state index contributed by atoms with van der Waals surface area (Å²) in [6.45, 7) is 0.377. The van der Waals surface area contributed by atoms with Gasteiger partial charge in [-0.15, -0.1) is 0 Å². The fraction of sp³-hybridized carbons (Fsp3) is 0.207. The van der Waals surface area contributed by atoms with Crippen LogP contribution in [0, 0.1) is 0 Å². The average molecular weight is 535 g/mol. The van der Waals surface area contributed by atoms with Crippen molar-refractivity contribution in [3.63, 3.8) is 0 Å². The molecule has 2 aromatic heterocycles. The molecule has 3 heterocycles. The Labute approximate surface area is 229 Å². The van der Waals surface area contributed by atoms with Crippen LogP contribution in [-0.4, -0.2) is 54.8 Å². The molecule has 4 aromatic rings. The van der Waals surface area contributed by atoms with Crippen molar-refractivity contribution >= 4 is 29.5 Å². The molecule has 6 rings (SSSR count). The molecule has 0 saturated heterocycles. The van der Waals surface area contributed by atoms with E-state index in [4.69, 9.17) is 11.5 Å². The van der Waals surface area contributed by atoms with Crippen molar-refractivity contribution in [2.75, 3.05) is 12.3 Å². The van der Waals surface area contributed by atoms with E-state index in [0.717, 1.165) is 36.0 Å². The summed E-state index contributed by atoms with van der Waals surface area (Å²) in [4.78, 5) is 51.7. The molecule has 0 spiro atoms. The monoisotopic (exact) mass is 534 g/mol. The van der Waals surface area contributed by atoms with Gasteiger partial charge in [0.2, 0.25) is 5.95 Å². The molecule has 1 fully saturated rings. The van der Waals surface area contributed by atoms with Gasteiger partial charge in [0, 0.05) is 30.7 Å². The standard InChI is InChI=1S/C29H26N8O3/c30-27(29(10-3-11-29)21-8-6-18(7-9-21)19-14-32-28(31)33-15-19)35-24(38)20-16-34-36(17-20)12-13-37-25(39)22-4-1-2-5-23(22)26(37)40/h1-2,4-9,14-17H,3,10-13H2,(H2,30,35,38)(H2,31,32,33). The Kier molecular flexibility index (Phi) is 6.18.